The van der Waals surface area contributed by atoms with Crippen molar-refractivity contribution >= 4 is 6.16 Å². The van der Waals surface area contributed by atoms with Crippen LogP contribution >= 0.6 is 0 Å². The lowest BCUT2D eigenvalue weighted by Crippen LogP contribution is -2.23. The van der Waals surface area contributed by atoms with Crippen LogP contribution in [0.4, 0.5) is 4.79 Å². The van der Waals surface area contributed by atoms with Gasteiger partial charge in [0.1, 0.15) is 17.4 Å². The maximum Gasteiger partial charge on any atom is 0.513 e. The SMILES string of the molecule is COC(=O)OC1=C(C)OC(N)=C(C#N)C1c1ccc(-c2ccccc2)cc1. The quantitative estimate of drug-likeness (QED) is 0.823. The molecule has 27 heavy (non-hydrogen) atoms. The second-order valence-corrected chi connectivity index (χ2v) is 5.89. The molecule has 0 saturated carbocycles. The fourth-order valence-corrected chi connectivity index (χ4v) is 2.95. The highest BCUT2D eigenvalue weighted by Crippen LogP contribution is 2.40. The highest BCUT2D eigenvalue weighted by Gasteiger charge is 2.34. The van der Waals surface area contributed by atoms with Crippen LogP contribution in [0.1, 0.15) is 18.4 Å². The third kappa shape index (κ3) is 3.62. The first-order chi connectivity index (χ1) is 13.0. The summed E-state index contributed by atoms with van der Waals surface area (Å²) in [6.45, 7) is 1.62. The number of hydrogen-bond acceptors (Lipinski definition) is 6. The van der Waals surface area contributed by atoms with E-state index in [2.05, 4.69) is 10.8 Å². The number of carbonyl (C=O) groups excluding carboxylic acids is 1. The van der Waals surface area contributed by atoms with Crippen molar-refractivity contribution in [3.63, 3.8) is 0 Å². The predicted octanol–water partition coefficient (Wildman–Crippen LogP) is 4.18. The Hall–Kier alpha value is -3.72. The van der Waals surface area contributed by atoms with Gasteiger partial charge in [-0.3, -0.25) is 0 Å². The molecule has 2 N–H and O–H groups in total. The first-order valence-corrected chi connectivity index (χ1v) is 8.24. The molecule has 0 aromatic heterocycles. The summed E-state index contributed by atoms with van der Waals surface area (Å²) in [7, 11) is 1.21. The summed E-state index contributed by atoms with van der Waals surface area (Å²) >= 11 is 0. The molecule has 136 valence electrons. The van der Waals surface area contributed by atoms with Gasteiger partial charge in [-0.1, -0.05) is 54.6 Å². The molecule has 6 nitrogen and oxygen atoms in total. The van der Waals surface area contributed by atoms with Gasteiger partial charge in [-0.2, -0.15) is 5.26 Å². The van der Waals surface area contributed by atoms with Crippen molar-refractivity contribution in [2.45, 2.75) is 12.8 Å². The molecule has 2 aromatic carbocycles. The van der Waals surface area contributed by atoms with Gasteiger partial charge in [-0.25, -0.2) is 4.79 Å². The summed E-state index contributed by atoms with van der Waals surface area (Å²) < 4.78 is 15.2. The molecule has 0 radical (unpaired) electrons. The molecule has 6 heteroatoms. The molecule has 1 aliphatic rings. The molecule has 1 atom stereocenters. The van der Waals surface area contributed by atoms with Gasteiger partial charge >= 0.3 is 6.16 Å². The van der Waals surface area contributed by atoms with Crippen molar-refractivity contribution in [2.24, 2.45) is 5.73 Å². The van der Waals surface area contributed by atoms with Gasteiger partial charge in [-0.05, 0) is 23.6 Å². The van der Waals surface area contributed by atoms with Crippen molar-refractivity contribution < 1.29 is 19.0 Å². The van der Waals surface area contributed by atoms with E-state index < -0.39 is 12.1 Å². The Labute approximate surface area is 157 Å². The molecule has 0 spiro atoms. The van der Waals surface area contributed by atoms with Crippen molar-refractivity contribution in [1.29, 1.82) is 5.26 Å². The van der Waals surface area contributed by atoms with Crippen LogP contribution in [-0.4, -0.2) is 13.3 Å². The number of allylic oxidation sites excluding steroid dienone is 2. The van der Waals surface area contributed by atoms with E-state index in [1.54, 1.807) is 6.92 Å². The van der Waals surface area contributed by atoms with E-state index >= 15 is 0 Å². The molecule has 1 aliphatic heterocycles. The van der Waals surface area contributed by atoms with Crippen molar-refractivity contribution in [3.8, 4) is 17.2 Å². The molecule has 1 unspecified atom stereocenters. The van der Waals surface area contributed by atoms with Gasteiger partial charge < -0.3 is 19.9 Å². The zero-order valence-electron chi connectivity index (χ0n) is 14.9. The largest absolute Gasteiger partial charge is 0.513 e. The molecule has 2 aromatic rings. The summed E-state index contributed by atoms with van der Waals surface area (Å²) in [5, 5.41) is 9.56. The zero-order chi connectivity index (χ0) is 19.4. The molecular formula is C21H18N2O4. The Morgan fingerprint density at radius 1 is 1.11 bits per heavy atom. The summed E-state index contributed by atoms with van der Waals surface area (Å²) in [6.07, 6.45) is -0.892. The zero-order valence-corrected chi connectivity index (χ0v) is 14.9. The number of nitriles is 1. The van der Waals surface area contributed by atoms with Gasteiger partial charge in [0.2, 0.25) is 5.88 Å². The highest BCUT2D eigenvalue weighted by molar-refractivity contribution is 5.65. The Morgan fingerprint density at radius 2 is 1.74 bits per heavy atom. The van der Waals surface area contributed by atoms with Crippen LogP contribution < -0.4 is 5.73 Å². The average molecular weight is 362 g/mol. The van der Waals surface area contributed by atoms with Crippen LogP contribution in [-0.2, 0) is 14.2 Å². The number of carbonyl (C=O) groups is 1. The lowest BCUT2D eigenvalue weighted by Gasteiger charge is -2.26. The first-order valence-electron chi connectivity index (χ1n) is 8.24. The van der Waals surface area contributed by atoms with Crippen LogP contribution in [0.2, 0.25) is 0 Å². The van der Waals surface area contributed by atoms with E-state index in [9.17, 15) is 10.1 Å². The molecular weight excluding hydrogens is 344 g/mol. The van der Waals surface area contributed by atoms with E-state index in [-0.39, 0.29) is 17.2 Å². The molecule has 0 bridgehead atoms. The summed E-state index contributed by atoms with van der Waals surface area (Å²) in [6, 6.07) is 19.6. The summed E-state index contributed by atoms with van der Waals surface area (Å²) in [4.78, 5) is 11.7. The van der Waals surface area contributed by atoms with E-state index in [1.807, 2.05) is 54.6 Å². The fraction of sp³-hybridized carbons (Fsp3) is 0.143. The standard InChI is InChI=1S/C21H18N2O4/c1-13-19(27-21(24)25-2)18(17(12-22)20(23)26-13)16-10-8-15(9-11-16)14-6-4-3-5-7-14/h3-11,18H,23H2,1-2H3. The maximum atomic E-state index is 11.7. The Kier molecular flexibility index (Phi) is 5.13. The normalized spacial score (nSPS) is 16.4. The number of nitrogens with two attached hydrogens (primary N) is 1. The van der Waals surface area contributed by atoms with Crippen molar-refractivity contribution in [2.75, 3.05) is 7.11 Å². The Bertz CT molecular complexity index is 954. The Balaban J connectivity index is 2.03. The van der Waals surface area contributed by atoms with Gasteiger partial charge in [-0.15, -0.1) is 0 Å². The Morgan fingerprint density at radius 3 is 2.33 bits per heavy atom. The van der Waals surface area contributed by atoms with Crippen LogP contribution in [0.15, 0.2) is 77.6 Å². The molecule has 3 rings (SSSR count). The topological polar surface area (TPSA) is 94.6 Å². The molecule has 1 heterocycles. The van der Waals surface area contributed by atoms with Gasteiger partial charge in [0.25, 0.3) is 0 Å². The van der Waals surface area contributed by atoms with Crippen LogP contribution in [0.3, 0.4) is 0 Å². The smallest absolute Gasteiger partial charge is 0.442 e. The first kappa shape index (κ1) is 18.1. The maximum absolute atomic E-state index is 11.7. The minimum atomic E-state index is -0.892. The minimum Gasteiger partial charge on any atom is -0.442 e. The molecule has 0 amide bonds. The van der Waals surface area contributed by atoms with Gasteiger partial charge in [0.05, 0.1) is 13.0 Å². The van der Waals surface area contributed by atoms with Crippen LogP contribution in [0, 0.1) is 11.3 Å². The van der Waals surface area contributed by atoms with Crippen LogP contribution in [0.5, 0.6) is 0 Å². The van der Waals surface area contributed by atoms with Gasteiger partial charge in [0, 0.05) is 0 Å². The van der Waals surface area contributed by atoms with E-state index in [0.29, 0.717) is 5.76 Å². The average Bonchev–Trinajstić information content (AvgIpc) is 2.70. The monoisotopic (exact) mass is 362 g/mol. The molecule has 0 aliphatic carbocycles. The predicted molar refractivity (Wildman–Crippen MR) is 98.7 cm³/mol. The number of benzene rings is 2. The number of ether oxygens (including phenoxy) is 3. The van der Waals surface area contributed by atoms with Crippen molar-refractivity contribution in [1.82, 2.24) is 0 Å². The third-order valence-electron chi connectivity index (χ3n) is 4.26. The van der Waals surface area contributed by atoms with Crippen molar-refractivity contribution in [3.05, 3.63) is 83.1 Å². The molecule has 0 saturated heterocycles. The fourth-order valence-electron chi connectivity index (χ4n) is 2.95. The highest BCUT2D eigenvalue weighted by atomic mass is 16.7. The number of hydrogen-bond donors (Lipinski definition) is 1. The van der Waals surface area contributed by atoms with Crippen LogP contribution in [0.25, 0.3) is 11.1 Å². The molecule has 0 fully saturated rings. The lowest BCUT2D eigenvalue weighted by molar-refractivity contribution is 0.0857. The summed E-state index contributed by atoms with van der Waals surface area (Å²) in [5.41, 5.74) is 8.90. The second-order valence-electron chi connectivity index (χ2n) is 5.89. The third-order valence-corrected chi connectivity index (χ3v) is 4.26. The number of nitrogens with zero attached hydrogens (tertiary/aromatic N) is 1. The number of rotatable bonds is 3. The van der Waals surface area contributed by atoms with Gasteiger partial charge in [0.15, 0.2) is 5.76 Å². The summed E-state index contributed by atoms with van der Waals surface area (Å²) in [5.74, 6) is -0.189. The second kappa shape index (κ2) is 7.67. The van der Waals surface area contributed by atoms with E-state index in [1.165, 1.54) is 7.11 Å². The number of methoxy groups -OCH3 is 1. The van der Waals surface area contributed by atoms with E-state index in [0.717, 1.165) is 16.7 Å². The minimum absolute atomic E-state index is 0.00986. The lowest BCUT2D eigenvalue weighted by atomic mass is 9.87. The van der Waals surface area contributed by atoms with E-state index in [4.69, 9.17) is 15.2 Å².